The van der Waals surface area contributed by atoms with Gasteiger partial charge in [-0.05, 0) is 30.9 Å². The van der Waals surface area contributed by atoms with Crippen molar-refractivity contribution in [1.29, 1.82) is 0 Å². The van der Waals surface area contributed by atoms with E-state index in [1.165, 1.54) is 6.20 Å². The summed E-state index contributed by atoms with van der Waals surface area (Å²) in [4.78, 5) is 3.69. The Morgan fingerprint density at radius 2 is 2.38 bits per heavy atom. The molecule has 0 amide bonds. The molecule has 1 atom stereocenters. The molecule has 3 heteroatoms. The van der Waals surface area contributed by atoms with Crippen LogP contribution in [-0.4, -0.2) is 11.0 Å². The minimum Gasteiger partial charge on any atom is -0.328 e. The van der Waals surface area contributed by atoms with E-state index in [2.05, 4.69) is 4.98 Å². The van der Waals surface area contributed by atoms with Crippen LogP contribution < -0.4 is 5.73 Å². The van der Waals surface area contributed by atoms with Crippen molar-refractivity contribution in [3.8, 4) is 0 Å². The van der Waals surface area contributed by atoms with Gasteiger partial charge in [-0.2, -0.15) is 0 Å². The van der Waals surface area contributed by atoms with Crippen molar-refractivity contribution in [2.75, 3.05) is 0 Å². The number of nitrogens with zero attached hydrogens (tertiary/aromatic N) is 1. The van der Waals surface area contributed by atoms with Gasteiger partial charge in [0.05, 0.1) is 6.20 Å². The van der Waals surface area contributed by atoms with Gasteiger partial charge in [0.15, 0.2) is 0 Å². The molecule has 72 valence electrons. The number of halogens is 1. The maximum Gasteiger partial charge on any atom is 0.144 e. The van der Waals surface area contributed by atoms with Crippen LogP contribution in [0.25, 0.3) is 0 Å². The van der Waals surface area contributed by atoms with Gasteiger partial charge in [-0.25, -0.2) is 4.39 Å². The first-order chi connectivity index (χ1) is 6.24. The molecule has 2 N–H and O–H groups in total. The van der Waals surface area contributed by atoms with Crippen LogP contribution in [0.1, 0.15) is 25.3 Å². The molecule has 1 unspecified atom stereocenters. The predicted octanol–water partition coefficient (Wildman–Crippen LogP) is 1.89. The fourth-order valence-electron chi connectivity index (χ4n) is 1.15. The minimum atomic E-state index is -0.231. The molecule has 0 aromatic carbocycles. The molecule has 0 spiro atoms. The fourth-order valence-corrected chi connectivity index (χ4v) is 1.15. The highest BCUT2D eigenvalue weighted by atomic mass is 19.1. The second kappa shape index (κ2) is 4.92. The highest BCUT2D eigenvalue weighted by Gasteiger charge is 2.03. The predicted molar refractivity (Wildman–Crippen MR) is 50.8 cm³/mol. The van der Waals surface area contributed by atoms with Crippen LogP contribution in [0.2, 0.25) is 0 Å². The van der Waals surface area contributed by atoms with Crippen LogP contribution in [-0.2, 0) is 6.42 Å². The summed E-state index contributed by atoms with van der Waals surface area (Å²) in [5, 5.41) is 0. The summed E-state index contributed by atoms with van der Waals surface area (Å²) in [6.45, 7) is 2.04. The Bertz CT molecular complexity index is 263. The number of pyridine rings is 1. The van der Waals surface area contributed by atoms with Gasteiger partial charge in [-0.15, -0.1) is 0 Å². The first-order valence-corrected chi connectivity index (χ1v) is 4.58. The highest BCUT2D eigenvalue weighted by molar-refractivity contribution is 5.12. The first kappa shape index (κ1) is 10.1. The number of aromatic nitrogens is 1. The quantitative estimate of drug-likeness (QED) is 0.772. The Hall–Kier alpha value is -0.960. The zero-order valence-electron chi connectivity index (χ0n) is 7.83. The van der Waals surface area contributed by atoms with Crippen molar-refractivity contribution >= 4 is 0 Å². The number of aryl methyl sites for hydroxylation is 1. The van der Waals surface area contributed by atoms with E-state index < -0.39 is 0 Å². The van der Waals surface area contributed by atoms with Crippen LogP contribution >= 0.6 is 0 Å². The lowest BCUT2D eigenvalue weighted by molar-refractivity contribution is 0.563. The van der Waals surface area contributed by atoms with Crippen LogP contribution in [0, 0.1) is 5.82 Å². The number of hydrogen-bond acceptors (Lipinski definition) is 2. The molecule has 1 heterocycles. The molecule has 1 aromatic rings. The molecule has 0 aliphatic heterocycles. The lowest BCUT2D eigenvalue weighted by Gasteiger charge is -2.08. The standard InChI is InChI=1S/C10H15FN2/c1-2-9(12)4-3-8-5-6-13-7-10(8)11/h5-7,9H,2-4,12H2,1H3. The molecule has 0 saturated heterocycles. The smallest absolute Gasteiger partial charge is 0.144 e. The largest absolute Gasteiger partial charge is 0.328 e. The molecule has 1 rings (SSSR count). The van der Waals surface area contributed by atoms with E-state index in [1.54, 1.807) is 12.3 Å². The van der Waals surface area contributed by atoms with Gasteiger partial charge >= 0.3 is 0 Å². The Balaban J connectivity index is 2.50. The highest BCUT2D eigenvalue weighted by Crippen LogP contribution is 2.08. The average molecular weight is 182 g/mol. The molecule has 0 radical (unpaired) electrons. The maximum atomic E-state index is 13.0. The summed E-state index contributed by atoms with van der Waals surface area (Å²) in [6, 6.07) is 1.88. The topological polar surface area (TPSA) is 38.9 Å². The normalized spacial score (nSPS) is 12.8. The Labute approximate surface area is 78.0 Å². The van der Waals surface area contributed by atoms with Crippen LogP contribution in [0.3, 0.4) is 0 Å². The van der Waals surface area contributed by atoms with Gasteiger partial charge in [0.1, 0.15) is 5.82 Å². The zero-order valence-corrected chi connectivity index (χ0v) is 7.83. The van der Waals surface area contributed by atoms with Crippen molar-refractivity contribution in [2.24, 2.45) is 5.73 Å². The zero-order chi connectivity index (χ0) is 9.68. The molecule has 0 fully saturated rings. The summed E-state index contributed by atoms with van der Waals surface area (Å²) in [6.07, 6.45) is 5.32. The second-order valence-electron chi connectivity index (χ2n) is 3.17. The van der Waals surface area contributed by atoms with Gasteiger partial charge in [0.2, 0.25) is 0 Å². The molecule has 1 aromatic heterocycles. The Morgan fingerprint density at radius 3 is 3.00 bits per heavy atom. The average Bonchev–Trinajstić information content (AvgIpc) is 2.16. The van der Waals surface area contributed by atoms with Gasteiger partial charge in [0.25, 0.3) is 0 Å². The van der Waals surface area contributed by atoms with E-state index in [-0.39, 0.29) is 11.9 Å². The summed E-state index contributed by atoms with van der Waals surface area (Å²) in [7, 11) is 0. The first-order valence-electron chi connectivity index (χ1n) is 4.58. The third-order valence-corrected chi connectivity index (χ3v) is 2.17. The number of nitrogens with two attached hydrogens (primary N) is 1. The molecule has 0 aliphatic carbocycles. The van der Waals surface area contributed by atoms with E-state index in [0.29, 0.717) is 12.0 Å². The lowest BCUT2D eigenvalue weighted by atomic mass is 10.1. The van der Waals surface area contributed by atoms with Gasteiger partial charge in [-0.3, -0.25) is 4.98 Å². The summed E-state index contributed by atoms with van der Waals surface area (Å²) < 4.78 is 13.0. The van der Waals surface area contributed by atoms with Crippen molar-refractivity contribution in [1.82, 2.24) is 4.98 Å². The summed E-state index contributed by atoms with van der Waals surface area (Å²) >= 11 is 0. The van der Waals surface area contributed by atoms with Crippen LogP contribution in [0.15, 0.2) is 18.5 Å². The molecule has 0 saturated carbocycles. The molecule has 0 bridgehead atoms. The molecule has 0 aliphatic rings. The summed E-state index contributed by atoms with van der Waals surface area (Å²) in [5.41, 5.74) is 6.44. The Kier molecular flexibility index (Phi) is 3.83. The number of rotatable bonds is 4. The lowest BCUT2D eigenvalue weighted by Crippen LogP contribution is -2.19. The molecular weight excluding hydrogens is 167 g/mol. The maximum absolute atomic E-state index is 13.0. The third kappa shape index (κ3) is 3.11. The molecule has 13 heavy (non-hydrogen) atoms. The molecular formula is C10H15FN2. The van der Waals surface area contributed by atoms with Crippen molar-refractivity contribution < 1.29 is 4.39 Å². The molecule has 2 nitrogen and oxygen atoms in total. The van der Waals surface area contributed by atoms with E-state index in [1.807, 2.05) is 6.92 Å². The van der Waals surface area contributed by atoms with Crippen LogP contribution in [0.5, 0.6) is 0 Å². The Morgan fingerprint density at radius 1 is 1.62 bits per heavy atom. The SMILES string of the molecule is CCC(N)CCc1ccncc1F. The van der Waals surface area contributed by atoms with E-state index in [4.69, 9.17) is 5.73 Å². The third-order valence-electron chi connectivity index (χ3n) is 2.17. The van der Waals surface area contributed by atoms with Gasteiger partial charge in [-0.1, -0.05) is 6.92 Å². The van der Waals surface area contributed by atoms with Gasteiger partial charge in [0, 0.05) is 12.2 Å². The van der Waals surface area contributed by atoms with E-state index in [9.17, 15) is 4.39 Å². The summed E-state index contributed by atoms with van der Waals surface area (Å²) in [5.74, 6) is -0.231. The minimum absolute atomic E-state index is 0.174. The van der Waals surface area contributed by atoms with Gasteiger partial charge < -0.3 is 5.73 Å². The van der Waals surface area contributed by atoms with Crippen molar-refractivity contribution in [3.05, 3.63) is 29.8 Å². The van der Waals surface area contributed by atoms with Crippen molar-refractivity contribution in [2.45, 2.75) is 32.2 Å². The van der Waals surface area contributed by atoms with Crippen molar-refractivity contribution in [3.63, 3.8) is 0 Å². The monoisotopic (exact) mass is 182 g/mol. The second-order valence-corrected chi connectivity index (χ2v) is 3.17. The number of hydrogen-bond donors (Lipinski definition) is 1. The van der Waals surface area contributed by atoms with E-state index >= 15 is 0 Å². The fraction of sp³-hybridized carbons (Fsp3) is 0.500. The van der Waals surface area contributed by atoms with Crippen LogP contribution in [0.4, 0.5) is 4.39 Å². The van der Waals surface area contributed by atoms with E-state index in [0.717, 1.165) is 12.8 Å².